The molecule has 14 heavy (non-hydrogen) atoms. The molecule has 0 fully saturated rings. The summed E-state index contributed by atoms with van der Waals surface area (Å²) < 4.78 is 10.5. The first-order valence-corrected chi connectivity index (χ1v) is 4.46. The van der Waals surface area contributed by atoms with Gasteiger partial charge in [-0.1, -0.05) is 0 Å². The minimum atomic E-state index is 0.837. The fourth-order valence-electron chi connectivity index (χ4n) is 1.69. The number of aromatic amines is 1. The maximum atomic E-state index is 5.28. The maximum Gasteiger partial charge on any atom is 0.131 e. The van der Waals surface area contributed by atoms with Crippen molar-refractivity contribution in [1.29, 1.82) is 0 Å². The second-order valence-corrected chi connectivity index (χ2v) is 3.17. The van der Waals surface area contributed by atoms with Crippen LogP contribution in [0, 0.1) is 6.92 Å². The third-order valence-corrected chi connectivity index (χ3v) is 2.46. The first-order chi connectivity index (χ1) is 6.77. The summed E-state index contributed by atoms with van der Waals surface area (Å²) in [6.45, 7) is 2.02. The first kappa shape index (κ1) is 8.94. The van der Waals surface area contributed by atoms with E-state index in [0.717, 1.165) is 28.0 Å². The Kier molecular flexibility index (Phi) is 2.08. The van der Waals surface area contributed by atoms with Gasteiger partial charge in [0.05, 0.1) is 19.7 Å². The van der Waals surface area contributed by atoms with Gasteiger partial charge >= 0.3 is 0 Å². The molecule has 2 rings (SSSR count). The van der Waals surface area contributed by atoms with Crippen LogP contribution in [-0.2, 0) is 0 Å². The average Bonchev–Trinajstić information content (AvgIpc) is 2.68. The number of hydrogen-bond acceptors (Lipinski definition) is 2. The molecule has 0 saturated heterocycles. The van der Waals surface area contributed by atoms with Crippen molar-refractivity contribution in [2.24, 2.45) is 0 Å². The van der Waals surface area contributed by atoms with Crippen molar-refractivity contribution in [1.82, 2.24) is 4.98 Å². The van der Waals surface area contributed by atoms with Gasteiger partial charge in [0.2, 0.25) is 0 Å². The van der Waals surface area contributed by atoms with Crippen LogP contribution in [0.15, 0.2) is 18.3 Å². The van der Waals surface area contributed by atoms with Crippen molar-refractivity contribution in [2.75, 3.05) is 14.2 Å². The highest BCUT2D eigenvalue weighted by atomic mass is 16.5. The number of nitrogens with one attached hydrogen (secondary N) is 1. The number of aromatic nitrogens is 1. The Morgan fingerprint density at radius 3 is 2.50 bits per heavy atom. The molecule has 74 valence electrons. The Morgan fingerprint density at radius 1 is 1.14 bits per heavy atom. The van der Waals surface area contributed by atoms with E-state index in [4.69, 9.17) is 9.47 Å². The van der Waals surface area contributed by atoms with Gasteiger partial charge in [0.1, 0.15) is 11.5 Å². The predicted octanol–water partition coefficient (Wildman–Crippen LogP) is 2.49. The number of H-pyrrole nitrogens is 1. The van der Waals surface area contributed by atoms with Crippen LogP contribution < -0.4 is 9.47 Å². The molecule has 0 aliphatic carbocycles. The Morgan fingerprint density at radius 2 is 1.86 bits per heavy atom. The van der Waals surface area contributed by atoms with Gasteiger partial charge in [-0.15, -0.1) is 0 Å². The lowest BCUT2D eigenvalue weighted by atomic mass is 10.1. The van der Waals surface area contributed by atoms with Crippen LogP contribution in [0.3, 0.4) is 0 Å². The number of fused-ring (bicyclic) bond motifs is 1. The van der Waals surface area contributed by atoms with Crippen molar-refractivity contribution < 1.29 is 9.47 Å². The summed E-state index contributed by atoms with van der Waals surface area (Å²) in [6, 6.07) is 3.91. The van der Waals surface area contributed by atoms with Crippen LogP contribution in [0.5, 0.6) is 11.5 Å². The average molecular weight is 191 g/mol. The van der Waals surface area contributed by atoms with Crippen LogP contribution in [0.4, 0.5) is 0 Å². The van der Waals surface area contributed by atoms with E-state index in [1.54, 1.807) is 14.2 Å². The highest BCUT2D eigenvalue weighted by Gasteiger charge is 2.10. The smallest absolute Gasteiger partial charge is 0.131 e. The molecule has 2 aromatic rings. The molecule has 0 atom stereocenters. The summed E-state index contributed by atoms with van der Waals surface area (Å²) in [4.78, 5) is 3.18. The molecule has 0 unspecified atom stereocenters. The Balaban J connectivity index is 2.80. The number of benzene rings is 1. The number of ether oxygens (including phenoxy) is 2. The zero-order valence-corrected chi connectivity index (χ0v) is 8.55. The molecule has 0 aliphatic heterocycles. The summed E-state index contributed by atoms with van der Waals surface area (Å²) >= 11 is 0. The van der Waals surface area contributed by atoms with E-state index >= 15 is 0 Å². The predicted molar refractivity (Wildman–Crippen MR) is 56.1 cm³/mol. The van der Waals surface area contributed by atoms with E-state index in [-0.39, 0.29) is 0 Å². The van der Waals surface area contributed by atoms with Gasteiger partial charge in [0.15, 0.2) is 0 Å². The molecule has 0 radical (unpaired) electrons. The Bertz CT molecular complexity index is 460. The zero-order valence-electron chi connectivity index (χ0n) is 8.55. The van der Waals surface area contributed by atoms with Crippen molar-refractivity contribution in [2.45, 2.75) is 6.92 Å². The summed E-state index contributed by atoms with van der Waals surface area (Å²) in [5.74, 6) is 1.68. The van der Waals surface area contributed by atoms with E-state index < -0.39 is 0 Å². The highest BCUT2D eigenvalue weighted by Crippen LogP contribution is 2.34. The summed E-state index contributed by atoms with van der Waals surface area (Å²) in [5.41, 5.74) is 2.18. The topological polar surface area (TPSA) is 34.2 Å². The summed E-state index contributed by atoms with van der Waals surface area (Å²) in [6.07, 6.45) is 1.90. The second-order valence-electron chi connectivity index (χ2n) is 3.17. The fourth-order valence-corrected chi connectivity index (χ4v) is 1.69. The minimum absolute atomic E-state index is 0.837. The molecule has 1 aromatic carbocycles. The SMILES string of the molecule is COc1cc(OC)c2cc[nH]c2c1C. The van der Waals surface area contributed by atoms with Crippen LogP contribution in [0.1, 0.15) is 5.56 Å². The van der Waals surface area contributed by atoms with Crippen molar-refractivity contribution in [3.63, 3.8) is 0 Å². The lowest BCUT2D eigenvalue weighted by Gasteiger charge is -2.09. The Hall–Kier alpha value is -1.64. The van der Waals surface area contributed by atoms with Crippen molar-refractivity contribution >= 4 is 10.9 Å². The van der Waals surface area contributed by atoms with Gasteiger partial charge < -0.3 is 14.5 Å². The molecule has 1 N–H and O–H groups in total. The number of hydrogen-bond donors (Lipinski definition) is 1. The zero-order chi connectivity index (χ0) is 10.1. The lowest BCUT2D eigenvalue weighted by Crippen LogP contribution is -1.91. The van der Waals surface area contributed by atoms with Gasteiger partial charge in [-0.3, -0.25) is 0 Å². The van der Waals surface area contributed by atoms with Gasteiger partial charge in [-0.05, 0) is 13.0 Å². The van der Waals surface area contributed by atoms with Crippen LogP contribution in [-0.4, -0.2) is 19.2 Å². The monoisotopic (exact) mass is 191 g/mol. The van der Waals surface area contributed by atoms with Gasteiger partial charge in [-0.25, -0.2) is 0 Å². The van der Waals surface area contributed by atoms with Crippen LogP contribution in [0.2, 0.25) is 0 Å². The van der Waals surface area contributed by atoms with Gasteiger partial charge in [0, 0.05) is 23.2 Å². The highest BCUT2D eigenvalue weighted by molar-refractivity contribution is 5.90. The van der Waals surface area contributed by atoms with Crippen molar-refractivity contribution in [3.8, 4) is 11.5 Å². The molecule has 1 heterocycles. The van der Waals surface area contributed by atoms with E-state index in [9.17, 15) is 0 Å². The molecule has 3 heteroatoms. The minimum Gasteiger partial charge on any atom is -0.496 e. The maximum absolute atomic E-state index is 5.28. The number of methoxy groups -OCH3 is 2. The van der Waals surface area contributed by atoms with Gasteiger partial charge in [-0.2, -0.15) is 0 Å². The third kappa shape index (κ3) is 1.13. The molecule has 0 aliphatic rings. The fraction of sp³-hybridized carbons (Fsp3) is 0.273. The summed E-state index contributed by atoms with van der Waals surface area (Å²) in [7, 11) is 3.33. The normalized spacial score (nSPS) is 10.5. The van der Waals surface area contributed by atoms with Gasteiger partial charge in [0.25, 0.3) is 0 Å². The first-order valence-electron chi connectivity index (χ1n) is 4.46. The molecular formula is C11H13NO2. The Labute approximate surface area is 82.6 Å². The lowest BCUT2D eigenvalue weighted by molar-refractivity contribution is 0.396. The third-order valence-electron chi connectivity index (χ3n) is 2.46. The van der Waals surface area contributed by atoms with E-state index in [1.807, 2.05) is 25.3 Å². The van der Waals surface area contributed by atoms with Crippen molar-refractivity contribution in [3.05, 3.63) is 23.9 Å². The number of rotatable bonds is 2. The largest absolute Gasteiger partial charge is 0.496 e. The molecule has 0 saturated carbocycles. The number of aryl methyl sites for hydroxylation is 1. The molecule has 1 aromatic heterocycles. The van der Waals surface area contributed by atoms with E-state index in [2.05, 4.69) is 4.98 Å². The van der Waals surface area contributed by atoms with E-state index in [0.29, 0.717) is 0 Å². The summed E-state index contributed by atoms with van der Waals surface area (Å²) in [5, 5.41) is 1.09. The second kappa shape index (κ2) is 3.25. The van der Waals surface area contributed by atoms with E-state index in [1.165, 1.54) is 0 Å². The van der Waals surface area contributed by atoms with Crippen LogP contribution >= 0.6 is 0 Å². The standard InChI is InChI=1S/C11H13NO2/c1-7-9(13-2)6-10(14-3)8-4-5-12-11(7)8/h4-6,12H,1-3H3. The van der Waals surface area contributed by atoms with Crippen LogP contribution in [0.25, 0.3) is 10.9 Å². The molecule has 0 spiro atoms. The molecular weight excluding hydrogens is 178 g/mol. The quantitative estimate of drug-likeness (QED) is 0.791. The molecule has 0 amide bonds. The molecule has 3 nitrogen and oxygen atoms in total. The molecule has 0 bridgehead atoms.